The second-order valence-electron chi connectivity index (χ2n) is 0.429. The van der Waals surface area contributed by atoms with E-state index in [1.807, 2.05) is 0 Å². The normalized spacial score (nSPS) is 10.0. The van der Waals surface area contributed by atoms with E-state index in [0.29, 0.717) is 0 Å². The van der Waals surface area contributed by atoms with Crippen LogP contribution in [0.3, 0.4) is 0 Å². The maximum absolute atomic E-state index is 2.56. The predicted molar refractivity (Wildman–Crippen MR) is 72.2 cm³/mol. The van der Waals surface area contributed by atoms with Gasteiger partial charge in [0.25, 0.3) is 0 Å². The zero-order valence-corrected chi connectivity index (χ0v) is 16.7. The Kier molecular flexibility index (Phi) is 13.1. The molecule has 6 heteroatoms. The van der Waals surface area contributed by atoms with Crippen molar-refractivity contribution in [3.63, 3.8) is 0 Å². The Balaban J connectivity index is 0. The average molecular weight is 796 g/mol. The van der Waals surface area contributed by atoms with Gasteiger partial charge in [0.15, 0.2) is 0 Å². The van der Waals surface area contributed by atoms with Crippen LogP contribution in [0, 0.1) is 0 Å². The van der Waals surface area contributed by atoms with Crippen molar-refractivity contribution < 1.29 is 0 Å². The Morgan fingerprint density at radius 1 is 0.833 bits per heavy atom. The van der Waals surface area contributed by atoms with Gasteiger partial charge in [0.05, 0.1) is 0 Å². The molecule has 0 rings (SSSR count). The molecule has 0 N–H and O–H groups in total. The molecule has 0 saturated carbocycles. The Labute approximate surface area is 88.6 Å². The van der Waals surface area contributed by atoms with E-state index in [-0.39, 0.29) is 17.0 Å². The quantitative estimate of drug-likeness (QED) is 0.259. The monoisotopic (exact) mass is 796 g/mol. The number of halogens is 5. The fraction of sp³-hybridized carbons (Fsp3) is 0. The molecule has 0 nitrogen and oxygen atoms in total. The first-order valence-corrected chi connectivity index (χ1v) is 44.5. The molecular formula is HBrI4Pb. The van der Waals surface area contributed by atoms with E-state index in [2.05, 4.69) is 71.0 Å². The standard InChI is InChI=1S/BrH.4HI.Pb/h5*1H;/q;;;;;+4/p-4. The molecule has 40 valence electrons. The summed E-state index contributed by atoms with van der Waals surface area (Å²) < 4.78 is -1.40. The van der Waals surface area contributed by atoms with Gasteiger partial charge < -0.3 is 0 Å². The van der Waals surface area contributed by atoms with Gasteiger partial charge in [-0.25, -0.2) is 0 Å². The van der Waals surface area contributed by atoms with E-state index in [1.54, 1.807) is 0 Å². The molecular weight excluding hydrogens is 795 g/mol. The van der Waals surface area contributed by atoms with E-state index < -0.39 is 4.00 Å². The van der Waals surface area contributed by atoms with Gasteiger partial charge >= 0.3 is 75.0 Å². The Morgan fingerprint density at radius 2 is 0.833 bits per heavy atom. The third-order valence-corrected chi connectivity index (χ3v) is 0. The van der Waals surface area contributed by atoms with Crippen molar-refractivity contribution in [2.45, 2.75) is 0 Å². The first-order valence-electron chi connectivity index (χ1n) is 0.756. The zero-order chi connectivity index (χ0) is 4.50. The molecule has 0 aliphatic heterocycles. The summed E-state index contributed by atoms with van der Waals surface area (Å²) in [5.41, 5.74) is 0. The SMILES string of the molecule is Br.[I][Pb]([I])([I])[I]. The minimum atomic E-state index is -1.40. The summed E-state index contributed by atoms with van der Waals surface area (Å²) in [5.74, 6) is 0. The van der Waals surface area contributed by atoms with Crippen LogP contribution in [0.2, 0.25) is 0 Å². The second kappa shape index (κ2) is 6.06. The average Bonchev–Trinajstić information content (AvgIpc) is 0.722. The van der Waals surface area contributed by atoms with E-state index in [0.717, 1.165) is 0 Å². The number of hydrogen-bond donors (Lipinski definition) is 0. The molecule has 0 bridgehead atoms. The molecule has 0 saturated heterocycles. The molecule has 0 amide bonds. The summed E-state index contributed by atoms with van der Waals surface area (Å²) >= 11 is 10.2. The fourth-order valence-corrected chi connectivity index (χ4v) is 0. The molecule has 6 heavy (non-hydrogen) atoms. The van der Waals surface area contributed by atoms with Crippen LogP contribution in [0.4, 0.5) is 0 Å². The van der Waals surface area contributed by atoms with Gasteiger partial charge in [0.2, 0.25) is 0 Å². The van der Waals surface area contributed by atoms with E-state index in [4.69, 9.17) is 0 Å². The molecule has 0 spiro atoms. The fourth-order valence-electron chi connectivity index (χ4n) is 0. The van der Waals surface area contributed by atoms with Gasteiger partial charge in [-0.05, 0) is 0 Å². The van der Waals surface area contributed by atoms with Crippen LogP contribution < -0.4 is 0 Å². The second-order valence-corrected chi connectivity index (χ2v) is 169. The molecule has 0 radical (unpaired) electrons. The molecule has 0 aliphatic carbocycles. The third-order valence-electron chi connectivity index (χ3n) is 0. The zero-order valence-electron chi connectivity index (χ0n) is 2.42. The van der Waals surface area contributed by atoms with Gasteiger partial charge in [-0.3, -0.25) is 0 Å². The summed E-state index contributed by atoms with van der Waals surface area (Å²) in [7, 11) is 0. The first kappa shape index (κ1) is 13.0. The summed E-state index contributed by atoms with van der Waals surface area (Å²) in [4.78, 5) is 0. The van der Waals surface area contributed by atoms with Crippen LogP contribution in [-0.2, 0) is 0 Å². The van der Waals surface area contributed by atoms with Gasteiger partial charge in [0, 0.05) is 0 Å². The topological polar surface area (TPSA) is 0 Å². The Morgan fingerprint density at radius 3 is 0.833 bits per heavy atom. The van der Waals surface area contributed by atoms with E-state index in [1.165, 1.54) is 0 Å². The van der Waals surface area contributed by atoms with Crippen molar-refractivity contribution in [3.8, 4) is 0 Å². The molecule has 0 fully saturated rings. The van der Waals surface area contributed by atoms with Crippen LogP contribution in [0.15, 0.2) is 0 Å². The van der Waals surface area contributed by atoms with Gasteiger partial charge in [-0.2, -0.15) is 0 Å². The predicted octanol–water partition coefficient (Wildman–Crippen LogP) is 3.74. The van der Waals surface area contributed by atoms with Crippen LogP contribution >= 0.6 is 88.0 Å². The van der Waals surface area contributed by atoms with Crippen molar-refractivity contribution in [2.24, 2.45) is 0 Å². The summed E-state index contributed by atoms with van der Waals surface area (Å²) in [6.45, 7) is 0. The van der Waals surface area contributed by atoms with Gasteiger partial charge in [0.1, 0.15) is 0 Å². The van der Waals surface area contributed by atoms with Crippen molar-refractivity contribution in [1.82, 2.24) is 0 Å². The van der Waals surface area contributed by atoms with Gasteiger partial charge in [-0.15, -0.1) is 17.0 Å². The number of hydrogen-bond acceptors (Lipinski definition) is 0. The first-order chi connectivity index (χ1) is 2.00. The summed E-state index contributed by atoms with van der Waals surface area (Å²) in [6, 6.07) is 0. The van der Waals surface area contributed by atoms with Crippen molar-refractivity contribution in [1.29, 1.82) is 0 Å². The molecule has 0 aromatic rings. The molecule has 0 unspecified atom stereocenters. The summed E-state index contributed by atoms with van der Waals surface area (Å²) in [5, 5.41) is 0. The van der Waals surface area contributed by atoms with Crippen molar-refractivity contribution in [3.05, 3.63) is 0 Å². The third kappa shape index (κ3) is 23.9. The van der Waals surface area contributed by atoms with Crippen molar-refractivity contribution in [2.75, 3.05) is 0 Å². The molecule has 0 heterocycles. The molecule has 0 aliphatic rings. The maximum atomic E-state index is 2.56. The van der Waals surface area contributed by atoms with Crippen LogP contribution in [0.25, 0.3) is 0 Å². The Bertz CT molecular complexity index is 23.0. The molecule has 0 atom stereocenters. The van der Waals surface area contributed by atoms with Crippen LogP contribution in [0.1, 0.15) is 0 Å². The molecule has 0 aromatic carbocycles. The van der Waals surface area contributed by atoms with Crippen molar-refractivity contribution >= 4 is 92.0 Å². The number of rotatable bonds is 0. The van der Waals surface area contributed by atoms with E-state index >= 15 is 0 Å². The van der Waals surface area contributed by atoms with Gasteiger partial charge in [-0.1, -0.05) is 0 Å². The Hall–Kier alpha value is 4.32. The van der Waals surface area contributed by atoms with E-state index in [9.17, 15) is 0 Å². The minimum absolute atomic E-state index is 0. The van der Waals surface area contributed by atoms with Crippen LogP contribution in [-0.4, -0.2) is 4.00 Å². The van der Waals surface area contributed by atoms with Crippen LogP contribution in [0.5, 0.6) is 0 Å². The molecule has 0 aromatic heterocycles. The summed E-state index contributed by atoms with van der Waals surface area (Å²) in [6.07, 6.45) is 0.